The molecule has 0 spiro atoms. The van der Waals surface area contributed by atoms with Gasteiger partial charge in [-0.3, -0.25) is 4.90 Å². The Morgan fingerprint density at radius 2 is 1.85 bits per heavy atom. The fraction of sp³-hybridized carbons (Fsp3) is 0.367. The van der Waals surface area contributed by atoms with E-state index in [0.717, 1.165) is 47.8 Å². The number of hydrogen-bond acceptors (Lipinski definition) is 8. The summed E-state index contributed by atoms with van der Waals surface area (Å²) in [5, 5.41) is 24.4. The largest absolute Gasteiger partial charge is 0.386 e. The van der Waals surface area contributed by atoms with E-state index in [1.807, 2.05) is 19.3 Å². The lowest BCUT2D eigenvalue weighted by atomic mass is 9.86. The third-order valence-electron chi connectivity index (χ3n) is 8.40. The summed E-state index contributed by atoms with van der Waals surface area (Å²) in [5.74, 6) is 0.998. The lowest BCUT2D eigenvalue weighted by Gasteiger charge is -2.56. The highest BCUT2D eigenvalue weighted by Gasteiger charge is 2.44. The monoisotopic (exact) mass is 537 g/mol. The van der Waals surface area contributed by atoms with Crippen LogP contribution in [0.25, 0.3) is 16.6 Å². The molecule has 7 heterocycles. The van der Waals surface area contributed by atoms with Gasteiger partial charge < -0.3 is 14.9 Å². The van der Waals surface area contributed by atoms with E-state index >= 15 is 0 Å². The Hall–Kier alpha value is -3.58. The first kappa shape index (κ1) is 24.5. The average Bonchev–Trinajstić information content (AvgIpc) is 3.38. The molecule has 4 aliphatic heterocycles. The number of pyridine rings is 2. The Bertz CT molecular complexity index is 1550. The van der Waals surface area contributed by atoms with E-state index in [9.17, 15) is 10.4 Å². The van der Waals surface area contributed by atoms with Crippen LogP contribution in [0.3, 0.4) is 0 Å². The molecule has 4 aliphatic rings. The van der Waals surface area contributed by atoms with Crippen LogP contribution in [0, 0.1) is 11.3 Å². The molecule has 2 unspecified atom stereocenters. The van der Waals surface area contributed by atoms with E-state index in [0.29, 0.717) is 30.7 Å². The summed E-state index contributed by atoms with van der Waals surface area (Å²) < 4.78 is 1.77. The van der Waals surface area contributed by atoms with Crippen LogP contribution in [0.1, 0.15) is 24.5 Å². The van der Waals surface area contributed by atoms with Gasteiger partial charge >= 0.3 is 0 Å². The molecule has 8 nitrogen and oxygen atoms in total. The van der Waals surface area contributed by atoms with Crippen molar-refractivity contribution in [3.05, 3.63) is 72.2 Å². The molecule has 4 fully saturated rings. The fourth-order valence-corrected chi connectivity index (χ4v) is 6.76. The molecule has 0 amide bonds. The lowest BCUT2D eigenvalue weighted by Crippen LogP contribution is -2.68. The Morgan fingerprint density at radius 3 is 2.49 bits per heavy atom. The van der Waals surface area contributed by atoms with Crippen LogP contribution < -0.4 is 9.80 Å². The van der Waals surface area contributed by atoms with Gasteiger partial charge in [0.1, 0.15) is 11.9 Å². The predicted octanol–water partition coefficient (Wildman–Crippen LogP) is 4.02. The lowest BCUT2D eigenvalue weighted by molar-refractivity contribution is -0.00869. The van der Waals surface area contributed by atoms with Gasteiger partial charge in [-0.25, -0.2) is 9.50 Å². The van der Waals surface area contributed by atoms with Crippen LogP contribution in [0.5, 0.6) is 0 Å². The number of nitrogens with zero attached hydrogens (tertiary/aromatic N) is 7. The van der Waals surface area contributed by atoms with Gasteiger partial charge in [-0.2, -0.15) is 10.4 Å². The van der Waals surface area contributed by atoms with E-state index in [4.69, 9.17) is 4.98 Å². The Balaban J connectivity index is 1.10. The number of rotatable bonds is 6. The molecule has 4 saturated heterocycles. The van der Waals surface area contributed by atoms with Crippen molar-refractivity contribution in [1.29, 1.82) is 5.26 Å². The van der Waals surface area contributed by atoms with Crippen molar-refractivity contribution in [3.63, 3.8) is 0 Å². The van der Waals surface area contributed by atoms with Crippen LogP contribution in [0.4, 0.5) is 11.5 Å². The quantitative estimate of drug-likeness (QED) is 0.369. The molecule has 198 valence electrons. The highest BCUT2D eigenvalue weighted by Crippen LogP contribution is 2.37. The van der Waals surface area contributed by atoms with E-state index in [1.165, 1.54) is 16.9 Å². The van der Waals surface area contributed by atoms with Crippen molar-refractivity contribution in [3.8, 4) is 17.2 Å². The zero-order valence-electron chi connectivity index (χ0n) is 22.2. The molecule has 8 rings (SSSR count). The van der Waals surface area contributed by atoms with E-state index < -0.39 is 5.60 Å². The number of hydrogen-bond donors (Lipinski definition) is 1. The average molecular weight is 538 g/mol. The smallest absolute Gasteiger partial charge is 0.128 e. The third kappa shape index (κ3) is 4.33. The number of benzene rings is 1. The second-order valence-corrected chi connectivity index (χ2v) is 12.2. The number of β-amino-alcohol motifs (C(OH)–C–C–N with tert-alkyl or cyclic N) is 1. The third-order valence-corrected chi connectivity index (χ3v) is 9.14. The maximum atomic E-state index is 10.2. The maximum Gasteiger partial charge on any atom is 0.128 e. The number of fused-ring (bicyclic) bond motifs is 3. The number of piperidine rings is 1. The highest BCUT2D eigenvalue weighted by molar-refractivity contribution is 7.98. The highest BCUT2D eigenvalue weighted by atomic mass is 32.2. The normalized spacial score (nSPS) is 21.9. The minimum atomic E-state index is -0.677. The van der Waals surface area contributed by atoms with Gasteiger partial charge in [-0.1, -0.05) is 12.1 Å². The van der Waals surface area contributed by atoms with Crippen molar-refractivity contribution < 1.29 is 5.11 Å². The molecule has 3 aromatic heterocycles. The number of aromatic nitrogens is 3. The van der Waals surface area contributed by atoms with Crippen molar-refractivity contribution in [2.24, 2.45) is 0 Å². The molecular weight excluding hydrogens is 506 g/mol. The zero-order chi connectivity index (χ0) is 26.7. The van der Waals surface area contributed by atoms with Crippen LogP contribution in [-0.2, 0) is 6.54 Å². The van der Waals surface area contributed by atoms with Crippen LogP contribution >= 0.6 is 11.8 Å². The Kier molecular flexibility index (Phi) is 5.81. The van der Waals surface area contributed by atoms with Gasteiger partial charge in [0.05, 0.1) is 34.8 Å². The summed E-state index contributed by atoms with van der Waals surface area (Å²) >= 11 is 1.78. The van der Waals surface area contributed by atoms with Gasteiger partial charge in [0, 0.05) is 67.0 Å². The van der Waals surface area contributed by atoms with Crippen molar-refractivity contribution in [2.45, 2.75) is 42.5 Å². The van der Waals surface area contributed by atoms with Gasteiger partial charge in [0.15, 0.2) is 0 Å². The fourth-order valence-electron chi connectivity index (χ4n) is 6.35. The number of piperazine rings is 1. The first-order valence-electron chi connectivity index (χ1n) is 13.4. The van der Waals surface area contributed by atoms with Crippen LogP contribution in [0.2, 0.25) is 0 Å². The molecule has 39 heavy (non-hydrogen) atoms. The minimum Gasteiger partial charge on any atom is -0.386 e. The first-order chi connectivity index (χ1) is 18.9. The van der Waals surface area contributed by atoms with Crippen molar-refractivity contribution in [1.82, 2.24) is 19.5 Å². The molecule has 1 aromatic carbocycles. The first-order valence-corrected chi connectivity index (χ1v) is 14.6. The molecule has 1 N–H and O–H groups in total. The summed E-state index contributed by atoms with van der Waals surface area (Å²) in [6.45, 7) is 5.97. The van der Waals surface area contributed by atoms with Crippen LogP contribution in [0.15, 0.2) is 66.0 Å². The predicted molar refractivity (Wildman–Crippen MR) is 154 cm³/mol. The molecule has 0 saturated carbocycles. The molecule has 2 bridgehead atoms. The van der Waals surface area contributed by atoms with Crippen LogP contribution in [-0.4, -0.2) is 74.7 Å². The van der Waals surface area contributed by atoms with Gasteiger partial charge in [-0.05, 0) is 55.5 Å². The van der Waals surface area contributed by atoms with Crippen molar-refractivity contribution in [2.75, 3.05) is 42.2 Å². The maximum absolute atomic E-state index is 10.2. The number of aliphatic hydroxyl groups is 1. The molecule has 0 aliphatic carbocycles. The van der Waals surface area contributed by atoms with E-state index in [1.54, 1.807) is 22.5 Å². The summed E-state index contributed by atoms with van der Waals surface area (Å²) in [6.07, 6.45) is 8.83. The summed E-state index contributed by atoms with van der Waals surface area (Å²) in [4.78, 5) is 13.4. The Labute approximate surface area is 232 Å². The zero-order valence-corrected chi connectivity index (χ0v) is 23.0. The van der Waals surface area contributed by atoms with Gasteiger partial charge in [0.2, 0.25) is 0 Å². The second-order valence-electron chi connectivity index (χ2n) is 11.3. The summed E-state index contributed by atoms with van der Waals surface area (Å²) in [7, 11) is 0. The van der Waals surface area contributed by atoms with E-state index in [2.05, 4.69) is 74.6 Å². The number of anilines is 2. The Morgan fingerprint density at radius 1 is 1.08 bits per heavy atom. The van der Waals surface area contributed by atoms with Crippen molar-refractivity contribution >= 4 is 28.8 Å². The van der Waals surface area contributed by atoms with Gasteiger partial charge in [-0.15, -0.1) is 11.8 Å². The second kappa shape index (κ2) is 9.26. The number of nitriles is 1. The molecular formula is C30H31N7OS. The molecule has 2 atom stereocenters. The molecule has 9 heteroatoms. The SMILES string of the molecule is CSc1ccc(CN2C3CC2CN(c2ccc(-c4cc(N5CC(C)(O)C5)cn5ncc(C#N)c45)cn2)C3)cc1. The van der Waals surface area contributed by atoms with E-state index in [-0.39, 0.29) is 0 Å². The minimum absolute atomic E-state index is 0.538. The van der Waals surface area contributed by atoms with Gasteiger partial charge in [0.25, 0.3) is 0 Å². The summed E-state index contributed by atoms with van der Waals surface area (Å²) in [6, 6.07) is 18.6. The molecule has 4 aromatic rings. The summed E-state index contributed by atoms with van der Waals surface area (Å²) in [5.41, 5.74) is 4.87. The number of thioether (sulfide) groups is 1. The topological polar surface area (TPSA) is 83.9 Å². The standard InChI is InChI=1S/C30H31N7OS/c1-30(38)18-35(19-30)23-10-27(29-22(11-31)13-33-37(29)17-23)21-5-8-28(32-12-21)34-15-24-9-25(16-34)36(24)14-20-3-6-26(39-2)7-4-20/h3-8,10,12-13,17,24-25,38H,9,14-16,18-19H2,1-2H3. The molecule has 0 radical (unpaired) electrons.